The summed E-state index contributed by atoms with van der Waals surface area (Å²) in [6.07, 6.45) is 3.06. The average molecular weight is 239 g/mol. The van der Waals surface area contributed by atoms with Gasteiger partial charge in [0.05, 0.1) is 19.3 Å². The van der Waals surface area contributed by atoms with Crippen LogP contribution in [0.4, 0.5) is 0 Å². The van der Waals surface area contributed by atoms with Crippen LogP contribution >= 0.6 is 0 Å². The minimum Gasteiger partial charge on any atom is -0.380 e. The molecule has 4 heteroatoms. The summed E-state index contributed by atoms with van der Waals surface area (Å²) in [5.74, 6) is 0.712. The molecule has 1 aromatic rings. The van der Waals surface area contributed by atoms with E-state index in [2.05, 4.69) is 31.2 Å². The Labute approximate surface area is 104 Å². The molecule has 1 rings (SSSR count). The van der Waals surface area contributed by atoms with E-state index in [9.17, 15) is 0 Å². The number of nitrogens with zero attached hydrogens (tertiary/aromatic N) is 2. The van der Waals surface area contributed by atoms with Crippen molar-refractivity contribution in [1.29, 1.82) is 0 Å². The molecule has 0 aliphatic rings. The first kappa shape index (κ1) is 14.2. The highest BCUT2D eigenvalue weighted by Gasteiger charge is 2.04. The van der Waals surface area contributed by atoms with Gasteiger partial charge in [-0.3, -0.25) is 4.68 Å². The van der Waals surface area contributed by atoms with Crippen molar-refractivity contribution in [3.8, 4) is 0 Å². The molecule has 0 aliphatic heterocycles. The van der Waals surface area contributed by atoms with Gasteiger partial charge in [0, 0.05) is 24.4 Å². The molecule has 4 nitrogen and oxygen atoms in total. The first-order valence-electron chi connectivity index (χ1n) is 6.38. The lowest BCUT2D eigenvalue weighted by atomic mass is 10.1. The molecule has 0 amide bonds. The van der Waals surface area contributed by atoms with E-state index < -0.39 is 0 Å². The third kappa shape index (κ3) is 4.88. The number of hydrogen-bond acceptors (Lipinski definition) is 3. The third-order valence-electron chi connectivity index (χ3n) is 2.86. The van der Waals surface area contributed by atoms with Gasteiger partial charge >= 0.3 is 0 Å². The van der Waals surface area contributed by atoms with Crippen molar-refractivity contribution >= 4 is 0 Å². The van der Waals surface area contributed by atoms with Gasteiger partial charge in [0.2, 0.25) is 0 Å². The smallest absolute Gasteiger partial charge is 0.0662 e. The number of aromatic nitrogens is 2. The monoisotopic (exact) mass is 239 g/mol. The van der Waals surface area contributed by atoms with Crippen LogP contribution in [0.25, 0.3) is 0 Å². The quantitative estimate of drug-likeness (QED) is 0.705. The van der Waals surface area contributed by atoms with E-state index in [0.29, 0.717) is 5.92 Å². The van der Waals surface area contributed by atoms with Crippen molar-refractivity contribution in [1.82, 2.24) is 15.1 Å². The Morgan fingerprint density at radius 3 is 2.82 bits per heavy atom. The molecule has 1 aromatic heterocycles. The lowest BCUT2D eigenvalue weighted by Crippen LogP contribution is -2.11. The summed E-state index contributed by atoms with van der Waals surface area (Å²) in [6, 6.07) is 0. The maximum Gasteiger partial charge on any atom is 0.0662 e. The summed E-state index contributed by atoms with van der Waals surface area (Å²) in [4.78, 5) is 0. The van der Waals surface area contributed by atoms with Gasteiger partial charge in [0.15, 0.2) is 0 Å². The number of rotatable bonds is 8. The molecule has 0 aromatic carbocycles. The molecule has 0 unspecified atom stereocenters. The van der Waals surface area contributed by atoms with Gasteiger partial charge in [-0.05, 0) is 26.3 Å². The Morgan fingerprint density at radius 1 is 1.41 bits per heavy atom. The van der Waals surface area contributed by atoms with Gasteiger partial charge in [-0.1, -0.05) is 13.8 Å². The summed E-state index contributed by atoms with van der Waals surface area (Å²) < 4.78 is 7.61. The lowest BCUT2D eigenvalue weighted by Gasteiger charge is -2.08. The number of hydrogen-bond donors (Lipinski definition) is 1. The van der Waals surface area contributed by atoms with Crippen LogP contribution < -0.4 is 5.32 Å². The maximum atomic E-state index is 5.60. The van der Waals surface area contributed by atoms with E-state index in [4.69, 9.17) is 4.74 Å². The largest absolute Gasteiger partial charge is 0.380 e. The number of ether oxygens (including phenoxy) is 1. The molecular formula is C13H25N3O. The van der Waals surface area contributed by atoms with Crippen molar-refractivity contribution in [2.24, 2.45) is 5.92 Å². The van der Waals surface area contributed by atoms with Crippen molar-refractivity contribution < 1.29 is 4.74 Å². The Balaban J connectivity index is 2.27. The molecule has 0 bridgehead atoms. The molecular weight excluding hydrogens is 214 g/mol. The SMILES string of the molecule is CNCc1cnn(CCOCCC(C)C)c1C. The fraction of sp³-hybridized carbons (Fsp3) is 0.769. The van der Waals surface area contributed by atoms with Gasteiger partial charge < -0.3 is 10.1 Å². The second-order valence-electron chi connectivity index (χ2n) is 4.80. The van der Waals surface area contributed by atoms with Crippen molar-refractivity contribution in [3.05, 3.63) is 17.5 Å². The van der Waals surface area contributed by atoms with Crippen LogP contribution in [0.1, 0.15) is 31.5 Å². The molecule has 1 heterocycles. The first-order valence-corrected chi connectivity index (χ1v) is 6.38. The first-order chi connectivity index (χ1) is 8.15. The summed E-state index contributed by atoms with van der Waals surface area (Å²) in [7, 11) is 1.95. The molecule has 1 N–H and O–H groups in total. The van der Waals surface area contributed by atoms with Crippen LogP contribution in [0.3, 0.4) is 0 Å². The molecule has 0 radical (unpaired) electrons. The van der Waals surface area contributed by atoms with Gasteiger partial charge in [-0.25, -0.2) is 0 Å². The second kappa shape index (κ2) is 7.45. The zero-order chi connectivity index (χ0) is 12.7. The lowest BCUT2D eigenvalue weighted by molar-refractivity contribution is 0.113. The van der Waals surface area contributed by atoms with Gasteiger partial charge in [-0.15, -0.1) is 0 Å². The van der Waals surface area contributed by atoms with Gasteiger partial charge in [0.1, 0.15) is 0 Å². The van der Waals surface area contributed by atoms with E-state index in [-0.39, 0.29) is 0 Å². The summed E-state index contributed by atoms with van der Waals surface area (Å²) in [5, 5.41) is 7.51. The molecule has 98 valence electrons. The van der Waals surface area contributed by atoms with Crippen LogP contribution in [-0.2, 0) is 17.8 Å². The van der Waals surface area contributed by atoms with E-state index >= 15 is 0 Å². The fourth-order valence-electron chi connectivity index (χ4n) is 1.65. The number of nitrogens with one attached hydrogen (secondary N) is 1. The van der Waals surface area contributed by atoms with Crippen LogP contribution in [-0.4, -0.2) is 30.0 Å². The van der Waals surface area contributed by atoms with Crippen molar-refractivity contribution in [2.75, 3.05) is 20.3 Å². The molecule has 0 saturated heterocycles. The van der Waals surface area contributed by atoms with Crippen LogP contribution in [0, 0.1) is 12.8 Å². The van der Waals surface area contributed by atoms with Crippen molar-refractivity contribution in [2.45, 2.75) is 40.3 Å². The minimum absolute atomic E-state index is 0.712. The molecule has 17 heavy (non-hydrogen) atoms. The maximum absolute atomic E-state index is 5.60. The Kier molecular flexibility index (Phi) is 6.22. The van der Waals surface area contributed by atoms with E-state index in [1.54, 1.807) is 0 Å². The zero-order valence-corrected chi connectivity index (χ0v) is 11.5. The zero-order valence-electron chi connectivity index (χ0n) is 11.5. The fourth-order valence-corrected chi connectivity index (χ4v) is 1.65. The topological polar surface area (TPSA) is 39.1 Å². The summed E-state index contributed by atoms with van der Waals surface area (Å²) >= 11 is 0. The van der Waals surface area contributed by atoms with E-state index in [1.165, 1.54) is 11.3 Å². The van der Waals surface area contributed by atoms with Crippen molar-refractivity contribution in [3.63, 3.8) is 0 Å². The summed E-state index contributed by atoms with van der Waals surface area (Å²) in [5.41, 5.74) is 2.49. The second-order valence-corrected chi connectivity index (χ2v) is 4.80. The van der Waals surface area contributed by atoms with Gasteiger partial charge in [-0.2, -0.15) is 5.10 Å². The van der Waals surface area contributed by atoms with Gasteiger partial charge in [0.25, 0.3) is 0 Å². The molecule has 0 atom stereocenters. The minimum atomic E-state index is 0.712. The Bertz CT molecular complexity index is 320. The van der Waals surface area contributed by atoms with Crippen LogP contribution in [0.5, 0.6) is 0 Å². The molecule has 0 fully saturated rings. The molecule has 0 aliphatic carbocycles. The third-order valence-corrected chi connectivity index (χ3v) is 2.86. The van der Waals surface area contributed by atoms with Crippen LogP contribution in [0.2, 0.25) is 0 Å². The highest BCUT2D eigenvalue weighted by atomic mass is 16.5. The highest BCUT2D eigenvalue weighted by Crippen LogP contribution is 2.06. The highest BCUT2D eigenvalue weighted by molar-refractivity contribution is 5.15. The normalized spacial score (nSPS) is 11.4. The van der Waals surface area contributed by atoms with E-state index in [0.717, 1.165) is 32.7 Å². The summed E-state index contributed by atoms with van der Waals surface area (Å²) in [6.45, 7) is 9.84. The average Bonchev–Trinajstić information content (AvgIpc) is 2.61. The standard InChI is InChI=1S/C13H25N3O/c1-11(2)5-7-17-8-6-16-12(3)13(9-14-4)10-15-16/h10-11,14H,5-9H2,1-4H3. The predicted molar refractivity (Wildman–Crippen MR) is 70.0 cm³/mol. The Hall–Kier alpha value is -0.870. The molecule has 0 saturated carbocycles. The molecule has 0 spiro atoms. The van der Waals surface area contributed by atoms with E-state index in [1.807, 2.05) is 17.9 Å². The predicted octanol–water partition coefficient (Wildman–Crippen LogP) is 1.97. The Morgan fingerprint density at radius 2 is 2.18 bits per heavy atom. The van der Waals surface area contributed by atoms with Crippen LogP contribution in [0.15, 0.2) is 6.20 Å².